The van der Waals surface area contributed by atoms with Crippen LogP contribution in [-0.2, 0) is 13.1 Å². The van der Waals surface area contributed by atoms with Gasteiger partial charge in [-0.1, -0.05) is 23.9 Å². The van der Waals surface area contributed by atoms with E-state index in [1.807, 2.05) is 6.07 Å². The number of thioether (sulfide) groups is 1. The smallest absolute Gasteiger partial charge is 0.159 e. The fraction of sp³-hybridized carbons (Fsp3) is 0.364. The molecule has 2 aliphatic heterocycles. The van der Waals surface area contributed by atoms with Gasteiger partial charge >= 0.3 is 0 Å². The van der Waals surface area contributed by atoms with Crippen molar-refractivity contribution in [1.29, 1.82) is 0 Å². The second-order valence-corrected chi connectivity index (χ2v) is 4.81. The summed E-state index contributed by atoms with van der Waals surface area (Å²) in [5, 5.41) is 1.07. The topological polar surface area (TPSA) is 15.6 Å². The molecule has 3 rings (SSSR count). The van der Waals surface area contributed by atoms with Crippen LogP contribution < -0.4 is 0 Å². The summed E-state index contributed by atoms with van der Waals surface area (Å²) in [4.78, 5) is 6.57. The number of nitrogens with zero attached hydrogens (tertiary/aromatic N) is 2. The molecule has 1 aromatic rings. The van der Waals surface area contributed by atoms with E-state index in [1.165, 1.54) is 6.07 Å². The van der Waals surface area contributed by atoms with Crippen LogP contribution in [0.5, 0.6) is 0 Å². The van der Waals surface area contributed by atoms with Gasteiger partial charge in [0.1, 0.15) is 5.82 Å². The monoisotopic (exact) mass is 222 g/mol. The second-order valence-electron chi connectivity index (χ2n) is 3.75. The van der Waals surface area contributed by atoms with E-state index in [0.717, 1.165) is 35.1 Å². The Morgan fingerprint density at radius 3 is 3.00 bits per heavy atom. The van der Waals surface area contributed by atoms with Gasteiger partial charge in [0.05, 0.1) is 6.54 Å². The summed E-state index contributed by atoms with van der Waals surface area (Å²) >= 11 is 1.77. The first-order valence-corrected chi connectivity index (χ1v) is 6.01. The van der Waals surface area contributed by atoms with Gasteiger partial charge in [-0.15, -0.1) is 0 Å². The Morgan fingerprint density at radius 1 is 1.33 bits per heavy atom. The molecule has 1 aromatic carbocycles. The number of rotatable bonds is 0. The van der Waals surface area contributed by atoms with Crippen molar-refractivity contribution in [2.45, 2.75) is 13.1 Å². The molecule has 0 spiro atoms. The van der Waals surface area contributed by atoms with Crippen LogP contribution in [0.4, 0.5) is 4.39 Å². The predicted octanol–water partition coefficient (Wildman–Crippen LogP) is 2.24. The van der Waals surface area contributed by atoms with Crippen molar-refractivity contribution < 1.29 is 4.39 Å². The molecule has 0 aliphatic carbocycles. The number of hydrogen-bond donors (Lipinski definition) is 0. The van der Waals surface area contributed by atoms with Crippen LogP contribution in [0, 0.1) is 5.82 Å². The van der Waals surface area contributed by atoms with E-state index in [-0.39, 0.29) is 5.82 Å². The average Bonchev–Trinajstić information content (AvgIpc) is 2.86. The van der Waals surface area contributed by atoms with Gasteiger partial charge in [0.15, 0.2) is 5.17 Å². The van der Waals surface area contributed by atoms with Gasteiger partial charge in [-0.25, -0.2) is 4.39 Å². The SMILES string of the molecule is Fc1cccc2c1CN(C1=NCCS1)C2. The third-order valence-electron chi connectivity index (χ3n) is 2.77. The molecule has 78 valence electrons. The van der Waals surface area contributed by atoms with Crippen molar-refractivity contribution in [3.8, 4) is 0 Å². The molecule has 2 nitrogen and oxygen atoms in total. The van der Waals surface area contributed by atoms with Gasteiger partial charge in [-0.05, 0) is 11.6 Å². The summed E-state index contributed by atoms with van der Waals surface area (Å²) in [6, 6.07) is 5.31. The lowest BCUT2D eigenvalue weighted by molar-refractivity contribution is 0.450. The molecule has 2 aliphatic rings. The number of amidine groups is 1. The van der Waals surface area contributed by atoms with Crippen LogP contribution in [0.2, 0.25) is 0 Å². The molecule has 2 heterocycles. The molecule has 0 radical (unpaired) electrons. The Kier molecular flexibility index (Phi) is 2.16. The van der Waals surface area contributed by atoms with Crippen molar-refractivity contribution >= 4 is 16.9 Å². The Morgan fingerprint density at radius 2 is 2.27 bits per heavy atom. The molecule has 4 heteroatoms. The van der Waals surface area contributed by atoms with E-state index in [0.29, 0.717) is 6.54 Å². The lowest BCUT2D eigenvalue weighted by Crippen LogP contribution is -2.21. The molecule has 15 heavy (non-hydrogen) atoms. The Labute approximate surface area is 92.2 Å². The molecule has 0 N–H and O–H groups in total. The molecule has 0 bridgehead atoms. The van der Waals surface area contributed by atoms with Crippen LogP contribution >= 0.6 is 11.8 Å². The predicted molar refractivity (Wildman–Crippen MR) is 60.4 cm³/mol. The highest BCUT2D eigenvalue weighted by Gasteiger charge is 2.25. The minimum atomic E-state index is -0.0846. The average molecular weight is 222 g/mol. The summed E-state index contributed by atoms with van der Waals surface area (Å²) < 4.78 is 13.5. The van der Waals surface area contributed by atoms with Crippen LogP contribution in [0.3, 0.4) is 0 Å². The number of halogens is 1. The molecule has 0 aromatic heterocycles. The van der Waals surface area contributed by atoms with Crippen LogP contribution in [0.1, 0.15) is 11.1 Å². The molecular formula is C11H11FN2S. The molecule has 0 saturated heterocycles. The zero-order chi connectivity index (χ0) is 10.3. The van der Waals surface area contributed by atoms with Gasteiger partial charge in [0, 0.05) is 24.4 Å². The first kappa shape index (κ1) is 9.21. The fourth-order valence-corrected chi connectivity index (χ4v) is 2.89. The highest BCUT2D eigenvalue weighted by molar-refractivity contribution is 8.14. The van der Waals surface area contributed by atoms with Crippen molar-refractivity contribution in [2.24, 2.45) is 4.99 Å². The highest BCUT2D eigenvalue weighted by atomic mass is 32.2. The minimum absolute atomic E-state index is 0.0846. The fourth-order valence-electron chi connectivity index (χ4n) is 2.03. The van der Waals surface area contributed by atoms with E-state index < -0.39 is 0 Å². The van der Waals surface area contributed by atoms with Crippen molar-refractivity contribution in [3.05, 3.63) is 35.1 Å². The second kappa shape index (κ2) is 3.52. The Balaban J connectivity index is 1.89. The van der Waals surface area contributed by atoms with E-state index in [4.69, 9.17) is 0 Å². The van der Waals surface area contributed by atoms with E-state index in [2.05, 4.69) is 9.89 Å². The van der Waals surface area contributed by atoms with Crippen LogP contribution in [0.15, 0.2) is 23.2 Å². The van der Waals surface area contributed by atoms with E-state index >= 15 is 0 Å². The third kappa shape index (κ3) is 1.53. The first-order chi connectivity index (χ1) is 7.34. The Bertz CT molecular complexity index is 431. The maximum atomic E-state index is 13.5. The van der Waals surface area contributed by atoms with Crippen LogP contribution in [-0.4, -0.2) is 22.4 Å². The molecule has 0 atom stereocenters. The van der Waals surface area contributed by atoms with Crippen molar-refractivity contribution in [1.82, 2.24) is 4.90 Å². The standard InChI is InChI=1S/C11H11FN2S/c12-10-3-1-2-8-6-14(7-9(8)10)11-13-4-5-15-11/h1-3H,4-7H2. The molecule has 0 unspecified atom stereocenters. The van der Waals surface area contributed by atoms with Crippen LogP contribution in [0.25, 0.3) is 0 Å². The summed E-state index contributed by atoms with van der Waals surface area (Å²) in [6.45, 7) is 2.38. The largest absolute Gasteiger partial charge is 0.343 e. The number of benzene rings is 1. The third-order valence-corrected chi connectivity index (χ3v) is 3.80. The van der Waals surface area contributed by atoms with Gasteiger partial charge in [-0.2, -0.15) is 0 Å². The lowest BCUT2D eigenvalue weighted by atomic mass is 10.1. The lowest BCUT2D eigenvalue weighted by Gasteiger charge is -2.15. The Hall–Kier alpha value is -1.03. The zero-order valence-electron chi connectivity index (χ0n) is 8.24. The number of hydrogen-bond acceptors (Lipinski definition) is 3. The normalized spacial score (nSPS) is 19.3. The summed E-state index contributed by atoms with van der Waals surface area (Å²) in [7, 11) is 0. The van der Waals surface area contributed by atoms with E-state index in [1.54, 1.807) is 17.8 Å². The maximum Gasteiger partial charge on any atom is 0.159 e. The first-order valence-electron chi connectivity index (χ1n) is 5.03. The van der Waals surface area contributed by atoms with E-state index in [9.17, 15) is 4.39 Å². The number of aliphatic imine (C=N–C) groups is 1. The van der Waals surface area contributed by atoms with Gasteiger partial charge in [0.2, 0.25) is 0 Å². The van der Waals surface area contributed by atoms with Crippen molar-refractivity contribution in [3.63, 3.8) is 0 Å². The van der Waals surface area contributed by atoms with Gasteiger partial charge < -0.3 is 4.90 Å². The summed E-state index contributed by atoms with van der Waals surface area (Å²) in [5.74, 6) is 0.976. The molecule has 0 amide bonds. The van der Waals surface area contributed by atoms with Crippen molar-refractivity contribution in [2.75, 3.05) is 12.3 Å². The summed E-state index contributed by atoms with van der Waals surface area (Å²) in [5.41, 5.74) is 1.94. The minimum Gasteiger partial charge on any atom is -0.343 e. The zero-order valence-corrected chi connectivity index (χ0v) is 9.06. The molecule has 0 fully saturated rings. The highest BCUT2D eigenvalue weighted by Crippen LogP contribution is 2.28. The molecule has 0 saturated carbocycles. The number of fused-ring (bicyclic) bond motifs is 1. The summed E-state index contributed by atoms with van der Waals surface area (Å²) in [6.07, 6.45) is 0. The van der Waals surface area contributed by atoms with Gasteiger partial charge in [-0.3, -0.25) is 4.99 Å². The molecular weight excluding hydrogens is 211 g/mol. The maximum absolute atomic E-state index is 13.5. The van der Waals surface area contributed by atoms with Gasteiger partial charge in [0.25, 0.3) is 0 Å². The quantitative estimate of drug-likeness (QED) is 0.669.